The molecular weight excluding hydrogens is 446 g/mol. The van der Waals surface area contributed by atoms with Gasteiger partial charge in [-0.3, -0.25) is 4.79 Å². The van der Waals surface area contributed by atoms with Crippen LogP contribution in [-0.2, 0) is 20.7 Å². The maximum absolute atomic E-state index is 13.1. The first-order valence-corrected chi connectivity index (χ1v) is 11.4. The van der Waals surface area contributed by atoms with Gasteiger partial charge in [-0.25, -0.2) is 4.79 Å². The van der Waals surface area contributed by atoms with Crippen molar-refractivity contribution in [3.8, 4) is 0 Å². The van der Waals surface area contributed by atoms with Crippen LogP contribution in [0.5, 0.6) is 0 Å². The van der Waals surface area contributed by atoms with Gasteiger partial charge in [0, 0.05) is 39.9 Å². The summed E-state index contributed by atoms with van der Waals surface area (Å²) >= 11 is 5.38. The molecule has 1 saturated carbocycles. The molecule has 3 rings (SSSR count). The number of hydrogen-bond donors (Lipinski definition) is 2. The van der Waals surface area contributed by atoms with Crippen LogP contribution >= 0.6 is 27.3 Å². The first-order valence-electron chi connectivity index (χ1n) is 9.75. The molecule has 1 saturated heterocycles. The van der Waals surface area contributed by atoms with Crippen LogP contribution < -0.4 is 10.6 Å². The molecule has 0 radical (unpaired) electrons. The average Bonchev–Trinajstić information content (AvgIpc) is 3.47. The zero-order valence-electron chi connectivity index (χ0n) is 16.3. The zero-order chi connectivity index (χ0) is 20.1. The number of carbonyl (C=O) groups excluding carboxylic acids is 2. The average molecular weight is 474 g/mol. The van der Waals surface area contributed by atoms with Crippen LogP contribution in [0.2, 0.25) is 0 Å². The van der Waals surface area contributed by atoms with E-state index in [1.54, 1.807) is 11.3 Å². The Morgan fingerprint density at radius 1 is 1.50 bits per heavy atom. The van der Waals surface area contributed by atoms with Gasteiger partial charge in [0.2, 0.25) is 0 Å². The first kappa shape index (κ1) is 21.5. The minimum atomic E-state index is -0.405. The molecule has 1 aliphatic heterocycles. The number of morpholine rings is 1. The van der Waals surface area contributed by atoms with E-state index in [1.165, 1.54) is 16.9 Å². The number of amides is 2. The third kappa shape index (κ3) is 5.46. The Kier molecular flexibility index (Phi) is 7.73. The summed E-state index contributed by atoms with van der Waals surface area (Å²) in [6, 6.07) is 2.47. The molecule has 2 aliphatic rings. The lowest BCUT2D eigenvalue weighted by Crippen LogP contribution is -2.50. The Morgan fingerprint density at radius 3 is 2.93 bits per heavy atom. The molecule has 1 aliphatic carbocycles. The van der Waals surface area contributed by atoms with E-state index in [2.05, 4.69) is 44.3 Å². The van der Waals surface area contributed by atoms with Crippen molar-refractivity contribution in [1.82, 2.24) is 15.5 Å². The number of aryl methyl sites for hydroxylation is 1. The van der Waals surface area contributed by atoms with E-state index in [0.29, 0.717) is 25.7 Å². The van der Waals surface area contributed by atoms with E-state index in [-0.39, 0.29) is 18.1 Å². The highest BCUT2D eigenvalue weighted by Crippen LogP contribution is 2.40. The van der Waals surface area contributed by atoms with Crippen LogP contribution in [-0.4, -0.2) is 62.4 Å². The summed E-state index contributed by atoms with van der Waals surface area (Å²) in [4.78, 5) is 28.6. The fourth-order valence-electron chi connectivity index (χ4n) is 3.38. The number of ether oxygens (including phenoxy) is 2. The highest BCUT2D eigenvalue weighted by Gasteiger charge is 2.40. The highest BCUT2D eigenvalue weighted by atomic mass is 79.9. The van der Waals surface area contributed by atoms with Crippen molar-refractivity contribution in [3.05, 3.63) is 20.3 Å². The molecular formula is C19H28BrN3O4S. The van der Waals surface area contributed by atoms with E-state index in [0.717, 1.165) is 36.7 Å². The van der Waals surface area contributed by atoms with E-state index >= 15 is 0 Å². The minimum absolute atomic E-state index is 0.0220. The monoisotopic (exact) mass is 473 g/mol. The summed E-state index contributed by atoms with van der Waals surface area (Å²) < 4.78 is 11.3. The van der Waals surface area contributed by atoms with E-state index in [4.69, 9.17) is 4.74 Å². The summed E-state index contributed by atoms with van der Waals surface area (Å²) in [7, 11) is 1.36. The van der Waals surface area contributed by atoms with Crippen LogP contribution in [0.1, 0.15) is 42.0 Å². The van der Waals surface area contributed by atoms with Crippen molar-refractivity contribution < 1.29 is 19.1 Å². The van der Waals surface area contributed by atoms with Gasteiger partial charge in [-0.2, -0.15) is 0 Å². The van der Waals surface area contributed by atoms with Gasteiger partial charge in [-0.1, -0.05) is 0 Å². The predicted octanol–water partition coefficient (Wildman–Crippen LogP) is 2.84. The van der Waals surface area contributed by atoms with Gasteiger partial charge in [-0.15, -0.1) is 11.3 Å². The zero-order valence-corrected chi connectivity index (χ0v) is 18.7. The third-order valence-electron chi connectivity index (χ3n) is 5.04. The van der Waals surface area contributed by atoms with Gasteiger partial charge in [0.1, 0.15) is 6.10 Å². The van der Waals surface area contributed by atoms with Gasteiger partial charge < -0.3 is 25.0 Å². The van der Waals surface area contributed by atoms with Crippen LogP contribution in [0.15, 0.2) is 10.5 Å². The van der Waals surface area contributed by atoms with Crippen molar-refractivity contribution in [2.75, 3.05) is 33.4 Å². The summed E-state index contributed by atoms with van der Waals surface area (Å²) in [5.41, 5.74) is 0. The van der Waals surface area contributed by atoms with Crippen molar-refractivity contribution in [2.45, 2.75) is 50.8 Å². The smallest absolute Gasteiger partial charge is 0.406 e. The molecule has 1 aromatic rings. The summed E-state index contributed by atoms with van der Waals surface area (Å²) in [5, 5.41) is 5.95. The van der Waals surface area contributed by atoms with E-state index in [9.17, 15) is 9.59 Å². The first-order chi connectivity index (χ1) is 13.5. The Morgan fingerprint density at radius 2 is 2.29 bits per heavy atom. The fourth-order valence-corrected chi connectivity index (χ4v) is 5.37. The maximum atomic E-state index is 13.1. The number of methoxy groups -OCH3 is 1. The molecule has 0 aromatic carbocycles. The molecule has 156 valence electrons. The molecule has 9 heteroatoms. The Hall–Kier alpha value is -1.16. The molecule has 28 heavy (non-hydrogen) atoms. The lowest BCUT2D eigenvalue weighted by atomic mass is 10.1. The highest BCUT2D eigenvalue weighted by molar-refractivity contribution is 9.10. The van der Waals surface area contributed by atoms with Crippen molar-refractivity contribution >= 4 is 39.3 Å². The number of carbonyl (C=O) groups is 2. The van der Waals surface area contributed by atoms with E-state index < -0.39 is 6.09 Å². The SMILES string of the molecule is COC(=O)NCCCc1sc([C@@H](C)N(C(=O)[C@H]2CNCCO2)C2CC2)cc1Br. The maximum Gasteiger partial charge on any atom is 0.406 e. The standard InChI is InChI=1S/C19H28BrN3O4S/c1-12(23(13-5-6-13)18(24)15-11-21-8-9-27-15)17-10-14(20)16(28-17)4-3-7-22-19(25)26-2/h10,12-13,15,21H,3-9,11H2,1-2H3,(H,22,25)/t12-,15-/m1/s1. The molecule has 0 unspecified atom stereocenters. The largest absolute Gasteiger partial charge is 0.453 e. The molecule has 2 atom stereocenters. The summed E-state index contributed by atoms with van der Waals surface area (Å²) in [5.74, 6) is 0.0931. The summed E-state index contributed by atoms with van der Waals surface area (Å²) in [6.45, 7) is 4.64. The second-order valence-electron chi connectivity index (χ2n) is 7.16. The van der Waals surface area contributed by atoms with Crippen molar-refractivity contribution in [1.29, 1.82) is 0 Å². The number of alkyl carbamates (subject to hydrolysis) is 1. The molecule has 2 N–H and O–H groups in total. The van der Waals surface area contributed by atoms with Crippen molar-refractivity contribution in [3.63, 3.8) is 0 Å². The third-order valence-corrected chi connectivity index (χ3v) is 7.37. The van der Waals surface area contributed by atoms with Crippen LogP contribution in [0.3, 0.4) is 0 Å². The van der Waals surface area contributed by atoms with Crippen LogP contribution in [0.25, 0.3) is 0 Å². The van der Waals surface area contributed by atoms with Gasteiger partial charge in [0.05, 0.1) is 19.8 Å². The Bertz CT molecular complexity index is 689. The lowest BCUT2D eigenvalue weighted by molar-refractivity contribution is -0.148. The van der Waals surface area contributed by atoms with Gasteiger partial charge in [0.25, 0.3) is 5.91 Å². The molecule has 2 amide bonds. The number of hydrogen-bond acceptors (Lipinski definition) is 6. The topological polar surface area (TPSA) is 79.9 Å². The van der Waals surface area contributed by atoms with Gasteiger partial charge >= 0.3 is 6.09 Å². The molecule has 2 heterocycles. The second kappa shape index (κ2) is 10.0. The van der Waals surface area contributed by atoms with Gasteiger partial charge in [0.15, 0.2) is 0 Å². The fraction of sp³-hybridized carbons (Fsp3) is 0.684. The number of nitrogens with one attached hydrogen (secondary N) is 2. The number of halogens is 1. The van der Waals surface area contributed by atoms with E-state index in [1.807, 2.05) is 4.90 Å². The predicted molar refractivity (Wildman–Crippen MR) is 112 cm³/mol. The Balaban J connectivity index is 1.62. The van der Waals surface area contributed by atoms with Gasteiger partial charge in [-0.05, 0) is 54.6 Å². The van der Waals surface area contributed by atoms with Crippen LogP contribution in [0.4, 0.5) is 4.79 Å². The number of nitrogens with zero attached hydrogens (tertiary/aromatic N) is 1. The second-order valence-corrected chi connectivity index (χ2v) is 9.18. The molecule has 2 fully saturated rings. The molecule has 0 bridgehead atoms. The van der Waals surface area contributed by atoms with Crippen LogP contribution in [0, 0.1) is 0 Å². The lowest BCUT2D eigenvalue weighted by Gasteiger charge is -2.33. The molecule has 7 nitrogen and oxygen atoms in total. The molecule has 0 spiro atoms. The quantitative estimate of drug-likeness (QED) is 0.567. The Labute approximate surface area is 178 Å². The molecule has 1 aromatic heterocycles. The number of rotatable bonds is 8. The number of thiophene rings is 1. The van der Waals surface area contributed by atoms with Crippen molar-refractivity contribution in [2.24, 2.45) is 0 Å². The summed E-state index contributed by atoms with van der Waals surface area (Å²) in [6.07, 6.45) is 3.02. The minimum Gasteiger partial charge on any atom is -0.453 e. The normalized spacial score (nSPS) is 20.5.